The molecule has 1 N–H and O–H groups in total. The van der Waals surface area contributed by atoms with Crippen molar-refractivity contribution in [3.63, 3.8) is 0 Å². The highest BCUT2D eigenvalue weighted by molar-refractivity contribution is 5.82. The van der Waals surface area contributed by atoms with Crippen LogP contribution in [0.2, 0.25) is 0 Å². The average Bonchev–Trinajstić information content (AvgIpc) is 3.33. The minimum atomic E-state index is -1.59. The van der Waals surface area contributed by atoms with Crippen molar-refractivity contribution < 1.29 is 14.6 Å². The van der Waals surface area contributed by atoms with Crippen molar-refractivity contribution in [2.45, 2.75) is 82.8 Å². The van der Waals surface area contributed by atoms with Crippen LogP contribution in [0.15, 0.2) is 30.3 Å². The van der Waals surface area contributed by atoms with E-state index in [0.29, 0.717) is 12.1 Å². The Bertz CT molecular complexity index is 735. The molecule has 1 aromatic carbocycles. The Kier molecular flexibility index (Phi) is 7.97. The van der Waals surface area contributed by atoms with Gasteiger partial charge in [0.25, 0.3) is 0 Å². The molecule has 0 bridgehead atoms. The molecule has 30 heavy (non-hydrogen) atoms. The lowest BCUT2D eigenvalue weighted by Crippen LogP contribution is -2.48. The number of benzene rings is 1. The average molecular weight is 412 g/mol. The van der Waals surface area contributed by atoms with E-state index in [1.807, 2.05) is 30.3 Å². The molecule has 3 rings (SSSR count). The fourth-order valence-electron chi connectivity index (χ4n) is 4.95. The largest absolute Gasteiger partial charge is 0.443 e. The maximum absolute atomic E-state index is 13.6. The Labute approximate surface area is 182 Å². The van der Waals surface area contributed by atoms with Gasteiger partial charge in [-0.2, -0.15) is 0 Å². The molecule has 0 radical (unpaired) electrons. The van der Waals surface area contributed by atoms with Crippen LogP contribution in [0.3, 0.4) is 0 Å². The molecule has 0 heterocycles. The van der Waals surface area contributed by atoms with Crippen molar-refractivity contribution in [1.29, 1.82) is 0 Å². The van der Waals surface area contributed by atoms with Gasteiger partial charge in [0.05, 0.1) is 6.54 Å². The highest BCUT2D eigenvalue weighted by Gasteiger charge is 2.50. The highest BCUT2D eigenvalue weighted by Crippen LogP contribution is 2.43. The molecule has 0 aromatic heterocycles. The molecule has 0 amide bonds. The maximum atomic E-state index is 13.6. The number of ether oxygens (including phenoxy) is 1. The van der Waals surface area contributed by atoms with Crippen molar-refractivity contribution in [1.82, 2.24) is 4.90 Å². The monoisotopic (exact) mass is 411 g/mol. The highest BCUT2D eigenvalue weighted by atomic mass is 16.6. The van der Waals surface area contributed by atoms with Crippen LogP contribution in [0.5, 0.6) is 0 Å². The molecule has 0 aliphatic heterocycles. The summed E-state index contributed by atoms with van der Waals surface area (Å²) in [5, 5.41) is 11.8. The summed E-state index contributed by atoms with van der Waals surface area (Å²) < 4.78 is 6.18. The Hall–Kier alpha value is -1.83. The van der Waals surface area contributed by atoms with Gasteiger partial charge in [0.2, 0.25) is 0 Å². The molecule has 2 aliphatic rings. The Morgan fingerprint density at radius 2 is 1.73 bits per heavy atom. The minimum Gasteiger partial charge on any atom is -0.443 e. The van der Waals surface area contributed by atoms with Gasteiger partial charge in [-0.15, -0.1) is 0 Å². The van der Waals surface area contributed by atoms with E-state index in [-0.39, 0.29) is 5.92 Å². The van der Waals surface area contributed by atoms with Gasteiger partial charge in [-0.1, -0.05) is 75.3 Å². The SMILES string of the molecule is CCN(CC)CC#CC1(OC(=O)C(O)(c2ccccc2)C2CCCC2)CCCCC1. The van der Waals surface area contributed by atoms with Crippen molar-refractivity contribution in [3.8, 4) is 11.8 Å². The molecule has 4 heteroatoms. The van der Waals surface area contributed by atoms with E-state index in [2.05, 4.69) is 30.6 Å². The summed E-state index contributed by atoms with van der Waals surface area (Å²) in [6.45, 7) is 6.84. The first-order chi connectivity index (χ1) is 14.5. The molecule has 1 unspecified atom stereocenters. The van der Waals surface area contributed by atoms with Crippen molar-refractivity contribution in [2.24, 2.45) is 5.92 Å². The van der Waals surface area contributed by atoms with Crippen LogP contribution in [0.25, 0.3) is 0 Å². The first-order valence-electron chi connectivity index (χ1n) is 11.8. The number of rotatable bonds is 7. The van der Waals surface area contributed by atoms with E-state index in [1.54, 1.807) is 0 Å². The fourth-order valence-corrected chi connectivity index (χ4v) is 4.95. The van der Waals surface area contributed by atoms with Crippen LogP contribution in [-0.4, -0.2) is 41.2 Å². The summed E-state index contributed by atoms with van der Waals surface area (Å²) in [5.41, 5.74) is -1.73. The summed E-state index contributed by atoms with van der Waals surface area (Å²) in [4.78, 5) is 15.8. The third kappa shape index (κ3) is 5.07. The van der Waals surface area contributed by atoms with Gasteiger partial charge < -0.3 is 9.84 Å². The Balaban J connectivity index is 1.86. The molecule has 1 aromatic rings. The van der Waals surface area contributed by atoms with Crippen molar-refractivity contribution >= 4 is 5.97 Å². The predicted octanol–water partition coefficient (Wildman–Crippen LogP) is 4.66. The molecular weight excluding hydrogens is 374 g/mol. The lowest BCUT2D eigenvalue weighted by molar-refractivity contribution is -0.187. The van der Waals surface area contributed by atoms with Crippen LogP contribution in [-0.2, 0) is 15.1 Å². The quantitative estimate of drug-likeness (QED) is 0.524. The topological polar surface area (TPSA) is 49.8 Å². The fraction of sp³-hybridized carbons (Fsp3) is 0.654. The summed E-state index contributed by atoms with van der Waals surface area (Å²) in [6, 6.07) is 9.36. The molecule has 4 nitrogen and oxygen atoms in total. The van der Waals surface area contributed by atoms with Gasteiger partial charge in [0, 0.05) is 5.92 Å². The standard InChI is InChI=1S/C26H37NO3/c1-3-27(4-2)21-13-20-25(18-11-6-12-19-25)30-24(28)26(29,23-16-9-10-17-23)22-14-7-5-8-15-22/h5,7-8,14-15,23,29H,3-4,6,9-12,16-19,21H2,1-2H3. The van der Waals surface area contributed by atoms with Crippen molar-refractivity contribution in [3.05, 3.63) is 35.9 Å². The number of carbonyl (C=O) groups excluding carboxylic acids is 1. The zero-order chi connectivity index (χ0) is 21.5. The predicted molar refractivity (Wildman–Crippen MR) is 120 cm³/mol. The minimum absolute atomic E-state index is 0.100. The first kappa shape index (κ1) is 22.8. The molecule has 164 valence electrons. The zero-order valence-electron chi connectivity index (χ0n) is 18.7. The number of esters is 1. The maximum Gasteiger partial charge on any atom is 0.344 e. The van der Waals surface area contributed by atoms with Crippen LogP contribution >= 0.6 is 0 Å². The molecule has 0 saturated heterocycles. The number of hydrogen-bond acceptors (Lipinski definition) is 4. The smallest absolute Gasteiger partial charge is 0.344 e. The summed E-state index contributed by atoms with van der Waals surface area (Å²) >= 11 is 0. The van der Waals surface area contributed by atoms with Gasteiger partial charge in [-0.3, -0.25) is 4.90 Å². The van der Waals surface area contributed by atoms with Gasteiger partial charge in [-0.05, 0) is 57.2 Å². The molecule has 2 aliphatic carbocycles. The third-order valence-electron chi connectivity index (χ3n) is 6.93. The summed E-state index contributed by atoms with van der Waals surface area (Å²) in [7, 11) is 0. The lowest BCUT2D eigenvalue weighted by Gasteiger charge is -2.38. The van der Waals surface area contributed by atoms with Gasteiger partial charge in [0.15, 0.2) is 11.2 Å². The number of nitrogens with zero attached hydrogens (tertiary/aromatic N) is 1. The second-order valence-corrected chi connectivity index (χ2v) is 8.82. The van der Waals surface area contributed by atoms with Crippen LogP contribution in [0.1, 0.15) is 77.2 Å². The van der Waals surface area contributed by atoms with E-state index in [0.717, 1.165) is 70.9 Å². The van der Waals surface area contributed by atoms with Gasteiger partial charge in [0.1, 0.15) is 0 Å². The van der Waals surface area contributed by atoms with E-state index < -0.39 is 17.2 Å². The number of hydrogen-bond donors (Lipinski definition) is 1. The van der Waals surface area contributed by atoms with E-state index in [1.165, 1.54) is 0 Å². The van der Waals surface area contributed by atoms with Crippen molar-refractivity contribution in [2.75, 3.05) is 19.6 Å². The first-order valence-corrected chi connectivity index (χ1v) is 11.8. The zero-order valence-corrected chi connectivity index (χ0v) is 18.7. The van der Waals surface area contributed by atoms with Crippen LogP contribution in [0.4, 0.5) is 0 Å². The molecule has 1 atom stereocenters. The van der Waals surface area contributed by atoms with Gasteiger partial charge in [-0.25, -0.2) is 4.79 Å². The molecular formula is C26H37NO3. The molecule has 2 saturated carbocycles. The number of aliphatic hydroxyl groups is 1. The Morgan fingerprint density at radius 3 is 2.33 bits per heavy atom. The van der Waals surface area contributed by atoms with E-state index in [4.69, 9.17) is 4.74 Å². The summed E-state index contributed by atoms with van der Waals surface area (Å²) in [5.74, 6) is 6.00. The molecule has 2 fully saturated rings. The number of carbonyl (C=O) groups is 1. The summed E-state index contributed by atoms with van der Waals surface area (Å²) in [6.07, 6.45) is 8.43. The lowest BCUT2D eigenvalue weighted by atomic mass is 9.79. The second kappa shape index (κ2) is 10.5. The van der Waals surface area contributed by atoms with Gasteiger partial charge >= 0.3 is 5.97 Å². The van der Waals surface area contributed by atoms with Crippen LogP contribution < -0.4 is 0 Å². The second-order valence-electron chi connectivity index (χ2n) is 8.82. The van der Waals surface area contributed by atoms with E-state index in [9.17, 15) is 9.90 Å². The van der Waals surface area contributed by atoms with E-state index >= 15 is 0 Å². The van der Waals surface area contributed by atoms with Crippen LogP contribution in [0, 0.1) is 17.8 Å². The normalized spacial score (nSPS) is 20.9. The Morgan fingerprint density at radius 1 is 1.10 bits per heavy atom. The third-order valence-corrected chi connectivity index (χ3v) is 6.93. The molecule has 0 spiro atoms.